The van der Waals surface area contributed by atoms with E-state index in [2.05, 4.69) is 43.4 Å². The molecule has 13 heteroatoms. The van der Waals surface area contributed by atoms with E-state index >= 15 is 0 Å². The van der Waals surface area contributed by atoms with Crippen LogP contribution in [0.1, 0.15) is 72.3 Å². The number of nitrogens with one attached hydrogen (secondary N) is 1. The lowest BCUT2D eigenvalue weighted by molar-refractivity contribution is 0.0131. The average Bonchev–Trinajstić information content (AvgIpc) is 3.40. The van der Waals surface area contributed by atoms with Gasteiger partial charge in [0.05, 0.1) is 31.3 Å². The molecule has 2 aliphatic carbocycles. The number of ether oxygens (including phenoxy) is 3. The van der Waals surface area contributed by atoms with Crippen LogP contribution in [0.4, 0.5) is 5.69 Å². The number of rotatable bonds is 4. The van der Waals surface area contributed by atoms with Crippen molar-refractivity contribution in [2.75, 3.05) is 44.6 Å². The van der Waals surface area contributed by atoms with E-state index in [0.29, 0.717) is 30.4 Å². The highest BCUT2D eigenvalue weighted by Crippen LogP contribution is 2.47. The van der Waals surface area contributed by atoms with Crippen molar-refractivity contribution >= 4 is 33.1 Å². The van der Waals surface area contributed by atoms with Crippen LogP contribution in [0.3, 0.4) is 0 Å². The molecule has 7 rings (SSSR count). The van der Waals surface area contributed by atoms with Crippen molar-refractivity contribution in [1.82, 2.24) is 14.5 Å². The number of methoxy groups -OCH3 is 2. The highest BCUT2D eigenvalue weighted by molar-refractivity contribution is 7.92. The summed E-state index contributed by atoms with van der Waals surface area (Å²) in [6, 6.07) is 11.8. The number of halogens is 1. The van der Waals surface area contributed by atoms with Crippen LogP contribution in [-0.4, -0.2) is 70.8 Å². The van der Waals surface area contributed by atoms with E-state index < -0.39 is 22.1 Å². The zero-order chi connectivity index (χ0) is 35.9. The van der Waals surface area contributed by atoms with Gasteiger partial charge in [-0.05, 0) is 91.7 Å². The van der Waals surface area contributed by atoms with E-state index in [0.717, 1.165) is 61.7 Å². The van der Waals surface area contributed by atoms with Crippen molar-refractivity contribution in [3.8, 4) is 11.6 Å². The van der Waals surface area contributed by atoms with E-state index in [4.69, 9.17) is 25.8 Å². The summed E-state index contributed by atoms with van der Waals surface area (Å²) in [7, 11) is 1.36. The maximum atomic E-state index is 14.6. The maximum absolute atomic E-state index is 14.6. The third kappa shape index (κ3) is 7.25. The average molecular weight is 738 g/mol. The van der Waals surface area contributed by atoms with Gasteiger partial charge in [-0.15, -0.1) is 5.10 Å². The number of anilines is 1. The van der Waals surface area contributed by atoms with Gasteiger partial charge in [-0.1, -0.05) is 42.8 Å². The molecule has 2 aliphatic heterocycles. The second-order valence-corrected chi connectivity index (χ2v) is 17.2. The summed E-state index contributed by atoms with van der Waals surface area (Å²) in [6.07, 6.45) is 9.96. The van der Waals surface area contributed by atoms with Crippen LogP contribution in [0.25, 0.3) is 0 Å². The zero-order valence-electron chi connectivity index (χ0n) is 29.7. The molecule has 1 fully saturated rings. The van der Waals surface area contributed by atoms with E-state index in [1.54, 1.807) is 20.2 Å². The third-order valence-electron chi connectivity index (χ3n) is 11.1. The van der Waals surface area contributed by atoms with Gasteiger partial charge in [0, 0.05) is 49.4 Å². The van der Waals surface area contributed by atoms with E-state index in [-0.39, 0.29) is 34.6 Å². The van der Waals surface area contributed by atoms with Gasteiger partial charge in [0.15, 0.2) is 6.23 Å². The molecule has 1 saturated carbocycles. The highest BCUT2D eigenvalue weighted by Gasteiger charge is 2.44. The van der Waals surface area contributed by atoms with Crippen molar-refractivity contribution in [3.63, 3.8) is 0 Å². The standard InChI is InChI=1S/C38H48ClN5O6S/c1-24-7-5-9-33(48-3)29-13-10-27(29)19-44-22-38(16-6-8-25-17-28(39)12-14-31(25)38)23-50-34-15-11-26(18-32(34)44)35(45)41-51(47,21-24)42-36(46)30-20-43(2)40-37(30)49-4/h5,9,11-12,14-15,17-18,20,24,27,29,33,35,45H,6-8,10,13,16,19,21-23H2,1-4H3,(H,41,42,46,47)/b9-5+/t24-,27-,29+,33-,35?,38-,51?/m0/s1. The predicted octanol–water partition coefficient (Wildman–Crippen LogP) is 6.00. The summed E-state index contributed by atoms with van der Waals surface area (Å²) in [4.78, 5) is 15.9. The lowest BCUT2D eigenvalue weighted by Gasteiger charge is -2.46. The number of aliphatic hydroxyl groups excluding tert-OH is 1. The number of carbonyl (C=O) groups excluding carboxylic acids is 1. The summed E-state index contributed by atoms with van der Waals surface area (Å²) in [5, 5.41) is 16.6. The Morgan fingerprint density at radius 1 is 1.20 bits per heavy atom. The number of fused-ring (bicyclic) bond motifs is 4. The molecule has 11 nitrogen and oxygen atoms in total. The molecule has 51 heavy (non-hydrogen) atoms. The molecule has 1 aromatic heterocycles. The number of aromatic nitrogens is 2. The molecule has 1 spiro atoms. The van der Waals surface area contributed by atoms with Gasteiger partial charge < -0.3 is 24.2 Å². The number of nitrogens with zero attached hydrogens (tertiary/aromatic N) is 4. The van der Waals surface area contributed by atoms with Gasteiger partial charge in [-0.2, -0.15) is 4.36 Å². The highest BCUT2D eigenvalue weighted by atomic mass is 35.5. The van der Waals surface area contributed by atoms with E-state index in [1.165, 1.54) is 29.1 Å². The molecule has 4 aliphatic rings. The molecule has 2 bridgehead atoms. The zero-order valence-corrected chi connectivity index (χ0v) is 31.3. The first kappa shape index (κ1) is 35.8. The number of allylic oxidation sites excluding steroid dienone is 1. The normalized spacial score (nSPS) is 31.2. The summed E-state index contributed by atoms with van der Waals surface area (Å²) in [5.74, 6) is 0.831. The molecule has 2 unspecified atom stereocenters. The molecule has 1 amide bonds. The SMILES string of the molecule is COc1nn(C)cc1C(=O)NS1(=O)=NC(O)c2ccc3c(c2)N(C[C@@H]2CC[C@H]2[C@@H](OC)/C=C/C[C@H](C)C1)C[C@@]1(CCCc2cc(Cl)ccc21)CO3. The van der Waals surface area contributed by atoms with Crippen molar-refractivity contribution in [2.45, 2.75) is 63.2 Å². The Balaban J connectivity index is 1.30. The molecular formula is C38H48ClN5O6S. The summed E-state index contributed by atoms with van der Waals surface area (Å²) in [6.45, 7) is 4.01. The van der Waals surface area contributed by atoms with Crippen LogP contribution in [0.2, 0.25) is 5.02 Å². The van der Waals surface area contributed by atoms with Gasteiger partial charge in [0.25, 0.3) is 5.91 Å². The summed E-state index contributed by atoms with van der Waals surface area (Å²) in [5.41, 5.74) is 3.77. The number of benzene rings is 2. The van der Waals surface area contributed by atoms with Crippen molar-refractivity contribution < 1.29 is 28.3 Å². The molecule has 2 N–H and O–H groups in total. The predicted molar refractivity (Wildman–Crippen MR) is 198 cm³/mol. The van der Waals surface area contributed by atoms with Crippen molar-refractivity contribution in [2.24, 2.45) is 29.2 Å². The largest absolute Gasteiger partial charge is 0.490 e. The quantitative estimate of drug-likeness (QED) is 0.313. The first-order chi connectivity index (χ1) is 24.5. The second kappa shape index (κ2) is 14.4. The molecule has 3 aromatic rings. The molecule has 0 saturated heterocycles. The number of aliphatic hydroxyl groups is 1. The first-order valence-corrected chi connectivity index (χ1v) is 19.9. The van der Waals surface area contributed by atoms with Gasteiger partial charge in [-0.3, -0.25) is 14.2 Å². The number of aryl methyl sites for hydroxylation is 2. The summed E-state index contributed by atoms with van der Waals surface area (Å²) >= 11 is 6.46. The van der Waals surface area contributed by atoms with E-state index in [9.17, 15) is 14.1 Å². The van der Waals surface area contributed by atoms with Crippen molar-refractivity contribution in [3.05, 3.63) is 82.0 Å². The fourth-order valence-electron chi connectivity index (χ4n) is 8.43. The number of hydrogen-bond acceptors (Lipinski definition) is 9. The molecule has 2 aromatic carbocycles. The third-order valence-corrected chi connectivity index (χ3v) is 13.4. The molecule has 7 atom stereocenters. The Hall–Kier alpha value is -3.58. The van der Waals surface area contributed by atoms with Crippen LogP contribution < -0.4 is 19.1 Å². The lowest BCUT2D eigenvalue weighted by Crippen LogP contribution is -2.49. The van der Waals surface area contributed by atoms with Gasteiger partial charge in [0.2, 0.25) is 5.88 Å². The molecule has 3 heterocycles. The second-order valence-electron chi connectivity index (χ2n) is 14.7. The minimum Gasteiger partial charge on any atom is -0.490 e. The smallest absolute Gasteiger partial charge is 0.270 e. The van der Waals surface area contributed by atoms with Crippen LogP contribution >= 0.6 is 11.6 Å². The fraction of sp³-hybridized carbons (Fsp3) is 0.526. The number of amides is 1. The van der Waals surface area contributed by atoms with Crippen LogP contribution in [0, 0.1) is 17.8 Å². The Morgan fingerprint density at radius 2 is 2.04 bits per heavy atom. The monoisotopic (exact) mass is 737 g/mol. The number of carbonyl (C=O) groups is 1. The van der Waals surface area contributed by atoms with Crippen LogP contribution in [0.15, 0.2) is 59.1 Å². The molecule has 274 valence electrons. The van der Waals surface area contributed by atoms with E-state index in [1.807, 2.05) is 25.1 Å². The molecular weight excluding hydrogens is 690 g/mol. The first-order valence-electron chi connectivity index (χ1n) is 17.8. The topological polar surface area (TPSA) is 128 Å². The minimum atomic E-state index is -3.49. The van der Waals surface area contributed by atoms with Gasteiger partial charge in [0.1, 0.15) is 21.2 Å². The lowest BCUT2D eigenvalue weighted by atomic mass is 9.68. The fourth-order valence-corrected chi connectivity index (χ4v) is 10.6. The number of hydrogen-bond donors (Lipinski definition) is 2. The Labute approximate surface area is 305 Å². The summed E-state index contributed by atoms with van der Waals surface area (Å²) < 4.78 is 41.2. The van der Waals surface area contributed by atoms with Gasteiger partial charge >= 0.3 is 0 Å². The maximum Gasteiger partial charge on any atom is 0.270 e. The van der Waals surface area contributed by atoms with Gasteiger partial charge in [-0.25, -0.2) is 4.21 Å². The minimum absolute atomic E-state index is 0.0263. The van der Waals surface area contributed by atoms with Crippen LogP contribution in [0.5, 0.6) is 11.6 Å². The Bertz CT molecular complexity index is 1940. The Morgan fingerprint density at radius 3 is 2.80 bits per heavy atom. The van der Waals surface area contributed by atoms with Crippen molar-refractivity contribution in [1.29, 1.82) is 0 Å². The Kier molecular flexibility index (Phi) is 10.1. The molecule has 0 radical (unpaired) electrons. The van der Waals surface area contributed by atoms with Crippen LogP contribution in [-0.2, 0) is 33.5 Å².